The van der Waals surface area contributed by atoms with Crippen LogP contribution in [0.25, 0.3) is 16.7 Å². The van der Waals surface area contributed by atoms with E-state index in [1.165, 1.54) is 0 Å². The van der Waals surface area contributed by atoms with E-state index in [4.69, 9.17) is 9.15 Å². The molecule has 1 N–H and O–H groups in total. The molecule has 0 aliphatic rings. The van der Waals surface area contributed by atoms with Gasteiger partial charge in [0.1, 0.15) is 11.3 Å². The lowest BCUT2D eigenvalue weighted by atomic mass is 10.2. The minimum Gasteiger partial charge on any atom is -0.497 e. The maximum Gasteiger partial charge on any atom is 0.307 e. The Morgan fingerprint density at radius 1 is 1.17 bits per heavy atom. The van der Waals surface area contributed by atoms with Gasteiger partial charge in [0.15, 0.2) is 5.76 Å². The Balaban J connectivity index is 1.44. The van der Waals surface area contributed by atoms with Crippen molar-refractivity contribution in [1.29, 1.82) is 0 Å². The number of amides is 1. The van der Waals surface area contributed by atoms with Crippen molar-refractivity contribution in [3.05, 3.63) is 81.2 Å². The minimum atomic E-state index is -0.421. The molecule has 2 aromatic carbocycles. The van der Waals surface area contributed by atoms with E-state index in [9.17, 15) is 4.79 Å². The van der Waals surface area contributed by atoms with Crippen LogP contribution in [0.4, 0.5) is 0 Å². The van der Waals surface area contributed by atoms with Gasteiger partial charge in [-0.3, -0.25) is 4.79 Å². The molecular formula is C21H15Br2N3O3. The number of hydrogen-bond acceptors (Lipinski definition) is 4. The number of methoxy groups -OCH3 is 1. The second-order valence-electron chi connectivity index (χ2n) is 6.17. The fourth-order valence-electron chi connectivity index (χ4n) is 2.81. The van der Waals surface area contributed by atoms with Crippen LogP contribution in [0.3, 0.4) is 0 Å². The quantitative estimate of drug-likeness (QED) is 0.280. The zero-order valence-electron chi connectivity index (χ0n) is 15.2. The van der Waals surface area contributed by atoms with Crippen molar-refractivity contribution < 1.29 is 13.9 Å². The standard InChI is InChI=1S/C21H15Br2N3O3/c1-28-17-4-2-16(3-5-17)26-7-6-13(12-26)11-24-25-21(27)19-9-14-8-15(22)10-18(23)20(14)29-19/h2-12H,1H3,(H,25,27)/b24-11-. The summed E-state index contributed by atoms with van der Waals surface area (Å²) in [6.45, 7) is 0. The van der Waals surface area contributed by atoms with Crippen molar-refractivity contribution in [3.63, 3.8) is 0 Å². The third kappa shape index (κ3) is 4.28. The maximum absolute atomic E-state index is 12.3. The van der Waals surface area contributed by atoms with Gasteiger partial charge in [0, 0.05) is 33.5 Å². The van der Waals surface area contributed by atoms with E-state index < -0.39 is 5.91 Å². The molecule has 0 saturated heterocycles. The summed E-state index contributed by atoms with van der Waals surface area (Å²) in [6.07, 6.45) is 5.40. The second kappa shape index (κ2) is 8.26. The van der Waals surface area contributed by atoms with Crippen LogP contribution in [0.15, 0.2) is 79.4 Å². The molecule has 146 valence electrons. The number of fused-ring (bicyclic) bond motifs is 1. The molecule has 0 radical (unpaired) electrons. The van der Waals surface area contributed by atoms with Crippen molar-refractivity contribution in [2.24, 2.45) is 5.10 Å². The van der Waals surface area contributed by atoms with Gasteiger partial charge in [0.2, 0.25) is 0 Å². The van der Waals surface area contributed by atoms with Gasteiger partial charge in [-0.05, 0) is 64.5 Å². The number of nitrogens with one attached hydrogen (secondary N) is 1. The predicted octanol–water partition coefficient (Wildman–Crippen LogP) is 5.52. The molecule has 0 saturated carbocycles. The summed E-state index contributed by atoms with van der Waals surface area (Å²) in [7, 11) is 1.64. The normalized spacial score (nSPS) is 11.3. The van der Waals surface area contributed by atoms with Gasteiger partial charge in [-0.1, -0.05) is 15.9 Å². The molecule has 6 nitrogen and oxygen atoms in total. The van der Waals surface area contributed by atoms with Gasteiger partial charge >= 0.3 is 5.91 Å². The Morgan fingerprint density at radius 3 is 2.72 bits per heavy atom. The Hall–Kier alpha value is -2.84. The maximum atomic E-state index is 12.3. The molecule has 0 unspecified atom stereocenters. The summed E-state index contributed by atoms with van der Waals surface area (Å²) in [6, 6.07) is 15.0. The summed E-state index contributed by atoms with van der Waals surface area (Å²) in [5.74, 6) is 0.567. The number of nitrogens with zero attached hydrogens (tertiary/aromatic N) is 2. The molecule has 0 bridgehead atoms. The SMILES string of the molecule is COc1ccc(-n2ccc(/C=N\NC(=O)c3cc4cc(Br)cc(Br)c4o3)c2)cc1. The first-order valence-electron chi connectivity index (χ1n) is 8.58. The van der Waals surface area contributed by atoms with Crippen molar-refractivity contribution >= 4 is 55.0 Å². The highest BCUT2D eigenvalue weighted by Crippen LogP contribution is 2.30. The summed E-state index contributed by atoms with van der Waals surface area (Å²) in [4.78, 5) is 12.3. The topological polar surface area (TPSA) is 68.8 Å². The number of furan rings is 1. The molecule has 4 aromatic rings. The first-order chi connectivity index (χ1) is 14.0. The fourth-order valence-corrected chi connectivity index (χ4v) is 4.15. The van der Waals surface area contributed by atoms with Crippen LogP contribution >= 0.6 is 31.9 Å². The fraction of sp³-hybridized carbons (Fsp3) is 0.0476. The number of benzene rings is 2. The molecular weight excluding hydrogens is 502 g/mol. The minimum absolute atomic E-state index is 0.187. The zero-order valence-corrected chi connectivity index (χ0v) is 18.4. The van der Waals surface area contributed by atoms with E-state index in [1.54, 1.807) is 19.4 Å². The number of halogens is 2. The van der Waals surface area contributed by atoms with Crippen molar-refractivity contribution in [3.8, 4) is 11.4 Å². The Labute approximate surface area is 183 Å². The van der Waals surface area contributed by atoms with Crippen LogP contribution < -0.4 is 10.2 Å². The van der Waals surface area contributed by atoms with E-state index >= 15 is 0 Å². The molecule has 8 heteroatoms. The number of ether oxygens (including phenoxy) is 1. The van der Waals surface area contributed by atoms with E-state index in [-0.39, 0.29) is 5.76 Å². The number of aromatic nitrogens is 1. The largest absolute Gasteiger partial charge is 0.497 e. The van der Waals surface area contributed by atoms with Gasteiger partial charge in [-0.2, -0.15) is 5.10 Å². The van der Waals surface area contributed by atoms with Crippen LogP contribution in [-0.4, -0.2) is 23.8 Å². The third-order valence-electron chi connectivity index (χ3n) is 4.23. The molecule has 0 aliphatic carbocycles. The summed E-state index contributed by atoms with van der Waals surface area (Å²) in [5, 5.41) is 4.84. The van der Waals surface area contributed by atoms with Crippen molar-refractivity contribution in [1.82, 2.24) is 9.99 Å². The molecule has 0 aliphatic heterocycles. The van der Waals surface area contributed by atoms with Crippen LogP contribution in [0.1, 0.15) is 16.1 Å². The summed E-state index contributed by atoms with van der Waals surface area (Å²) >= 11 is 6.85. The number of carbonyl (C=O) groups excluding carboxylic acids is 1. The molecule has 2 heterocycles. The predicted molar refractivity (Wildman–Crippen MR) is 119 cm³/mol. The van der Waals surface area contributed by atoms with Crippen LogP contribution in [0, 0.1) is 0 Å². The number of rotatable bonds is 5. The molecule has 1 amide bonds. The van der Waals surface area contributed by atoms with Gasteiger partial charge in [-0.15, -0.1) is 0 Å². The smallest absolute Gasteiger partial charge is 0.307 e. The summed E-state index contributed by atoms with van der Waals surface area (Å²) < 4.78 is 14.4. The zero-order chi connectivity index (χ0) is 20.4. The third-order valence-corrected chi connectivity index (χ3v) is 5.27. The lowest BCUT2D eigenvalue weighted by Crippen LogP contribution is -2.16. The highest BCUT2D eigenvalue weighted by atomic mass is 79.9. The first kappa shape index (κ1) is 19.5. The molecule has 29 heavy (non-hydrogen) atoms. The van der Waals surface area contributed by atoms with Crippen LogP contribution in [0.5, 0.6) is 5.75 Å². The van der Waals surface area contributed by atoms with Crippen LogP contribution in [-0.2, 0) is 0 Å². The Morgan fingerprint density at radius 2 is 1.97 bits per heavy atom. The lowest BCUT2D eigenvalue weighted by molar-refractivity contribution is 0.0929. The molecule has 0 fully saturated rings. The highest BCUT2D eigenvalue weighted by molar-refractivity contribution is 9.11. The Kier molecular flexibility index (Phi) is 5.55. The lowest BCUT2D eigenvalue weighted by Gasteiger charge is -2.04. The van der Waals surface area contributed by atoms with E-state index in [2.05, 4.69) is 42.4 Å². The molecule has 0 atom stereocenters. The van der Waals surface area contributed by atoms with E-state index in [0.717, 1.165) is 31.3 Å². The van der Waals surface area contributed by atoms with E-state index in [0.29, 0.717) is 5.58 Å². The summed E-state index contributed by atoms with van der Waals surface area (Å²) in [5.41, 5.74) is 4.94. The van der Waals surface area contributed by atoms with Crippen molar-refractivity contribution in [2.75, 3.05) is 7.11 Å². The van der Waals surface area contributed by atoms with Crippen LogP contribution in [0.2, 0.25) is 0 Å². The van der Waals surface area contributed by atoms with Gasteiger partial charge in [0.05, 0.1) is 17.8 Å². The average molecular weight is 517 g/mol. The molecule has 4 rings (SSSR count). The van der Waals surface area contributed by atoms with Crippen molar-refractivity contribution in [2.45, 2.75) is 0 Å². The average Bonchev–Trinajstić information content (AvgIpc) is 3.35. The van der Waals surface area contributed by atoms with Gasteiger partial charge in [0.25, 0.3) is 0 Å². The van der Waals surface area contributed by atoms with Gasteiger partial charge < -0.3 is 13.7 Å². The number of hydrogen-bond donors (Lipinski definition) is 1. The van der Waals surface area contributed by atoms with E-state index in [1.807, 2.05) is 59.4 Å². The number of hydrazone groups is 1. The second-order valence-corrected chi connectivity index (χ2v) is 7.94. The monoisotopic (exact) mass is 515 g/mol. The number of carbonyl (C=O) groups is 1. The van der Waals surface area contributed by atoms with Gasteiger partial charge in [-0.25, -0.2) is 5.43 Å². The first-order valence-corrected chi connectivity index (χ1v) is 10.2. The highest BCUT2D eigenvalue weighted by Gasteiger charge is 2.14. The Bertz CT molecular complexity index is 1210. The molecule has 2 aromatic heterocycles. The molecule has 0 spiro atoms.